The highest BCUT2D eigenvalue weighted by Gasteiger charge is 2.34. The highest BCUT2D eigenvalue weighted by Crippen LogP contribution is 2.38. The molecular weight excluding hydrogens is 282 g/mol. The average Bonchev–Trinajstić information content (AvgIpc) is 2.80. The SMILES string of the molecule is COC(=O)CN1C(=O)CSC1c1ccc(SC)cc1. The van der Waals surface area contributed by atoms with Crippen molar-refractivity contribution in [1.82, 2.24) is 4.90 Å². The van der Waals surface area contributed by atoms with Crippen molar-refractivity contribution < 1.29 is 14.3 Å². The number of carbonyl (C=O) groups excluding carboxylic acids is 2. The molecule has 0 spiro atoms. The summed E-state index contributed by atoms with van der Waals surface area (Å²) < 4.78 is 4.64. The first-order chi connectivity index (χ1) is 9.15. The lowest BCUT2D eigenvalue weighted by Gasteiger charge is -2.23. The summed E-state index contributed by atoms with van der Waals surface area (Å²) in [6, 6.07) is 8.07. The molecule has 1 unspecified atom stereocenters. The lowest BCUT2D eigenvalue weighted by Crippen LogP contribution is -2.33. The Morgan fingerprint density at radius 3 is 2.74 bits per heavy atom. The molecule has 19 heavy (non-hydrogen) atoms. The van der Waals surface area contributed by atoms with Gasteiger partial charge in [-0.25, -0.2) is 0 Å². The van der Waals surface area contributed by atoms with Crippen LogP contribution in [0.2, 0.25) is 0 Å². The van der Waals surface area contributed by atoms with Crippen LogP contribution in [0, 0.1) is 0 Å². The van der Waals surface area contributed by atoms with Crippen LogP contribution in [0.5, 0.6) is 0 Å². The molecule has 0 saturated carbocycles. The fraction of sp³-hybridized carbons (Fsp3) is 0.385. The largest absolute Gasteiger partial charge is 0.468 e. The van der Waals surface area contributed by atoms with E-state index in [0.717, 1.165) is 5.56 Å². The van der Waals surface area contributed by atoms with Crippen LogP contribution in [-0.2, 0) is 14.3 Å². The van der Waals surface area contributed by atoms with Crippen LogP contribution in [-0.4, -0.2) is 42.4 Å². The zero-order valence-electron chi connectivity index (χ0n) is 10.8. The molecule has 1 aromatic carbocycles. The summed E-state index contributed by atoms with van der Waals surface area (Å²) in [5.41, 5.74) is 1.04. The Bertz CT molecular complexity index is 475. The van der Waals surface area contributed by atoms with Crippen LogP contribution < -0.4 is 0 Å². The van der Waals surface area contributed by atoms with Gasteiger partial charge in [-0.3, -0.25) is 9.59 Å². The van der Waals surface area contributed by atoms with Gasteiger partial charge in [0.15, 0.2) is 0 Å². The van der Waals surface area contributed by atoms with E-state index in [1.54, 1.807) is 16.7 Å². The average molecular weight is 297 g/mol. The van der Waals surface area contributed by atoms with E-state index in [1.807, 2.05) is 30.5 Å². The molecule has 0 aromatic heterocycles. The molecule has 6 heteroatoms. The number of hydrogen-bond acceptors (Lipinski definition) is 5. The Hall–Kier alpha value is -1.14. The molecule has 1 aromatic rings. The van der Waals surface area contributed by atoms with Gasteiger partial charge in [-0.1, -0.05) is 12.1 Å². The molecule has 1 saturated heterocycles. The van der Waals surface area contributed by atoms with Crippen molar-refractivity contribution in [1.29, 1.82) is 0 Å². The van der Waals surface area contributed by atoms with Gasteiger partial charge < -0.3 is 9.64 Å². The number of methoxy groups -OCH3 is 1. The van der Waals surface area contributed by atoms with Crippen molar-refractivity contribution >= 4 is 35.4 Å². The first-order valence-corrected chi connectivity index (χ1v) is 8.05. The maximum atomic E-state index is 11.8. The molecule has 4 nitrogen and oxygen atoms in total. The Labute approximate surface area is 120 Å². The number of nitrogens with zero attached hydrogens (tertiary/aromatic N) is 1. The summed E-state index contributed by atoms with van der Waals surface area (Å²) in [4.78, 5) is 25.9. The second-order valence-electron chi connectivity index (χ2n) is 4.03. The Morgan fingerprint density at radius 1 is 1.47 bits per heavy atom. The van der Waals surface area contributed by atoms with Crippen molar-refractivity contribution in [3.05, 3.63) is 29.8 Å². The first-order valence-electron chi connectivity index (χ1n) is 5.77. The maximum absolute atomic E-state index is 11.8. The molecule has 1 amide bonds. The number of carbonyl (C=O) groups is 2. The van der Waals surface area contributed by atoms with Gasteiger partial charge in [0, 0.05) is 4.90 Å². The zero-order valence-corrected chi connectivity index (χ0v) is 12.4. The molecule has 0 N–H and O–H groups in total. The van der Waals surface area contributed by atoms with Crippen molar-refractivity contribution in [2.75, 3.05) is 25.7 Å². The zero-order chi connectivity index (χ0) is 13.8. The molecular formula is C13H15NO3S2. The highest BCUT2D eigenvalue weighted by molar-refractivity contribution is 8.00. The summed E-state index contributed by atoms with van der Waals surface area (Å²) in [7, 11) is 1.33. The number of benzene rings is 1. The maximum Gasteiger partial charge on any atom is 0.325 e. The van der Waals surface area contributed by atoms with Gasteiger partial charge >= 0.3 is 5.97 Å². The molecule has 102 valence electrons. The Morgan fingerprint density at radius 2 is 2.16 bits per heavy atom. The minimum Gasteiger partial charge on any atom is -0.468 e. The fourth-order valence-corrected chi connectivity index (χ4v) is 3.47. The third-order valence-electron chi connectivity index (χ3n) is 2.90. The third-order valence-corrected chi connectivity index (χ3v) is 4.90. The summed E-state index contributed by atoms with van der Waals surface area (Å²) in [6.45, 7) is 0.0112. The van der Waals surface area contributed by atoms with E-state index < -0.39 is 0 Å². The quantitative estimate of drug-likeness (QED) is 0.629. The molecule has 1 fully saturated rings. The van der Waals surface area contributed by atoms with Crippen LogP contribution in [0.1, 0.15) is 10.9 Å². The topological polar surface area (TPSA) is 46.6 Å². The lowest BCUT2D eigenvalue weighted by molar-refractivity contribution is -0.146. The van der Waals surface area contributed by atoms with E-state index in [9.17, 15) is 9.59 Å². The standard InChI is InChI=1S/C13H15NO3S2/c1-17-12(16)7-14-11(15)8-19-13(14)9-3-5-10(18-2)6-4-9/h3-6,13H,7-8H2,1-2H3. The normalized spacial score (nSPS) is 18.7. The number of esters is 1. The highest BCUT2D eigenvalue weighted by atomic mass is 32.2. The second kappa shape index (κ2) is 6.34. The van der Waals surface area contributed by atoms with Gasteiger partial charge in [-0.05, 0) is 24.0 Å². The number of hydrogen-bond donors (Lipinski definition) is 0. The van der Waals surface area contributed by atoms with Gasteiger partial charge in [0.2, 0.25) is 5.91 Å². The molecule has 0 radical (unpaired) electrons. The van der Waals surface area contributed by atoms with E-state index in [-0.39, 0.29) is 23.8 Å². The predicted molar refractivity (Wildman–Crippen MR) is 77.2 cm³/mol. The van der Waals surface area contributed by atoms with E-state index in [2.05, 4.69) is 4.74 Å². The number of amides is 1. The molecule has 1 aliphatic rings. The van der Waals surface area contributed by atoms with Crippen molar-refractivity contribution in [3.63, 3.8) is 0 Å². The third kappa shape index (κ3) is 3.25. The first kappa shape index (κ1) is 14.3. The fourth-order valence-electron chi connectivity index (χ4n) is 1.87. The number of ether oxygens (including phenoxy) is 1. The van der Waals surface area contributed by atoms with Crippen LogP contribution in [0.4, 0.5) is 0 Å². The Balaban J connectivity index is 2.16. The molecule has 1 aliphatic heterocycles. The van der Waals surface area contributed by atoms with E-state index in [4.69, 9.17) is 0 Å². The summed E-state index contributed by atoms with van der Waals surface area (Å²) in [5.74, 6) is 0.00212. The smallest absolute Gasteiger partial charge is 0.325 e. The predicted octanol–water partition coefficient (Wildman–Crippen LogP) is 2.16. The molecule has 1 atom stereocenters. The summed E-state index contributed by atoms with van der Waals surface area (Å²) >= 11 is 3.21. The van der Waals surface area contributed by atoms with Crippen molar-refractivity contribution in [3.8, 4) is 0 Å². The van der Waals surface area contributed by atoms with Gasteiger partial charge in [-0.15, -0.1) is 23.5 Å². The van der Waals surface area contributed by atoms with E-state index in [1.165, 1.54) is 23.8 Å². The summed E-state index contributed by atoms with van der Waals surface area (Å²) in [6.07, 6.45) is 2.02. The Kier molecular flexibility index (Phi) is 4.76. The number of thioether (sulfide) groups is 2. The minimum atomic E-state index is -0.387. The van der Waals surface area contributed by atoms with Crippen molar-refractivity contribution in [2.24, 2.45) is 0 Å². The van der Waals surface area contributed by atoms with Crippen molar-refractivity contribution in [2.45, 2.75) is 10.3 Å². The summed E-state index contributed by atoms with van der Waals surface area (Å²) in [5, 5.41) is -0.0949. The molecule has 0 bridgehead atoms. The number of rotatable bonds is 4. The van der Waals surface area contributed by atoms with Crippen LogP contribution in [0.3, 0.4) is 0 Å². The minimum absolute atomic E-state index is 0.0112. The van der Waals surface area contributed by atoms with Gasteiger partial charge in [0.1, 0.15) is 11.9 Å². The van der Waals surface area contributed by atoms with Crippen LogP contribution in [0.25, 0.3) is 0 Å². The van der Waals surface area contributed by atoms with Gasteiger partial charge in [0.05, 0.1) is 12.9 Å². The van der Waals surface area contributed by atoms with E-state index >= 15 is 0 Å². The lowest BCUT2D eigenvalue weighted by atomic mass is 10.2. The van der Waals surface area contributed by atoms with Crippen LogP contribution >= 0.6 is 23.5 Å². The monoisotopic (exact) mass is 297 g/mol. The van der Waals surface area contributed by atoms with Crippen LogP contribution in [0.15, 0.2) is 29.2 Å². The van der Waals surface area contributed by atoms with E-state index in [0.29, 0.717) is 5.75 Å². The second-order valence-corrected chi connectivity index (χ2v) is 5.98. The van der Waals surface area contributed by atoms with Gasteiger partial charge in [-0.2, -0.15) is 0 Å². The molecule has 1 heterocycles. The van der Waals surface area contributed by atoms with Gasteiger partial charge in [0.25, 0.3) is 0 Å². The molecule has 2 rings (SSSR count). The molecule has 0 aliphatic carbocycles.